The Morgan fingerprint density at radius 3 is 2.50 bits per heavy atom. The van der Waals surface area contributed by atoms with Crippen molar-refractivity contribution in [1.82, 2.24) is 9.80 Å². The zero-order chi connectivity index (χ0) is 13.7. The van der Waals surface area contributed by atoms with E-state index in [0.717, 1.165) is 13.1 Å². The molecule has 0 aliphatic heterocycles. The van der Waals surface area contributed by atoms with Gasteiger partial charge in [-0.1, -0.05) is 12.1 Å². The first-order valence-electron chi connectivity index (χ1n) is 5.75. The van der Waals surface area contributed by atoms with Gasteiger partial charge in [-0.05, 0) is 27.2 Å². The largest absolute Gasteiger partial charge is 0.478 e. The molecule has 0 aliphatic carbocycles. The summed E-state index contributed by atoms with van der Waals surface area (Å²) in [5.41, 5.74) is 0.143. The molecule has 100 valence electrons. The van der Waals surface area contributed by atoms with Crippen molar-refractivity contribution >= 4 is 5.97 Å². The Kier molecular flexibility index (Phi) is 5.25. The SMILES string of the molecule is CN(C)CCN(C)Cc1cccc(C(=O)O)c1F. The highest BCUT2D eigenvalue weighted by Gasteiger charge is 2.14. The van der Waals surface area contributed by atoms with Crippen LogP contribution in [0, 0.1) is 5.82 Å². The zero-order valence-corrected chi connectivity index (χ0v) is 11.0. The maximum Gasteiger partial charge on any atom is 0.338 e. The summed E-state index contributed by atoms with van der Waals surface area (Å²) in [5.74, 6) is -1.87. The quantitative estimate of drug-likeness (QED) is 0.836. The maximum absolute atomic E-state index is 13.9. The smallest absolute Gasteiger partial charge is 0.338 e. The minimum absolute atomic E-state index is 0.270. The van der Waals surface area contributed by atoms with Gasteiger partial charge in [0.1, 0.15) is 5.82 Å². The molecule has 1 aromatic rings. The number of halogens is 1. The summed E-state index contributed by atoms with van der Waals surface area (Å²) < 4.78 is 13.9. The Bertz CT molecular complexity index is 421. The molecule has 4 nitrogen and oxygen atoms in total. The number of carboxylic acids is 1. The Morgan fingerprint density at radius 1 is 1.28 bits per heavy atom. The second-order valence-electron chi connectivity index (χ2n) is 4.62. The van der Waals surface area contributed by atoms with Crippen molar-refractivity contribution < 1.29 is 14.3 Å². The van der Waals surface area contributed by atoms with Gasteiger partial charge < -0.3 is 14.9 Å². The third kappa shape index (κ3) is 4.09. The number of likely N-dealkylation sites (N-methyl/N-ethyl adjacent to an activating group) is 2. The summed E-state index contributed by atoms with van der Waals surface area (Å²) in [6.07, 6.45) is 0. The molecule has 18 heavy (non-hydrogen) atoms. The Hall–Kier alpha value is -1.46. The van der Waals surface area contributed by atoms with E-state index in [-0.39, 0.29) is 5.56 Å². The van der Waals surface area contributed by atoms with Gasteiger partial charge in [0, 0.05) is 25.2 Å². The van der Waals surface area contributed by atoms with E-state index in [1.165, 1.54) is 6.07 Å². The van der Waals surface area contributed by atoms with Crippen LogP contribution >= 0.6 is 0 Å². The van der Waals surface area contributed by atoms with Crippen LogP contribution < -0.4 is 0 Å². The fourth-order valence-corrected chi connectivity index (χ4v) is 1.61. The summed E-state index contributed by atoms with van der Waals surface area (Å²) in [7, 11) is 5.83. The summed E-state index contributed by atoms with van der Waals surface area (Å²) in [6, 6.07) is 4.47. The number of nitrogens with zero attached hydrogens (tertiary/aromatic N) is 2. The van der Waals surface area contributed by atoms with Crippen molar-refractivity contribution in [3.63, 3.8) is 0 Å². The van der Waals surface area contributed by atoms with Crippen molar-refractivity contribution in [1.29, 1.82) is 0 Å². The molecular formula is C13H19FN2O2. The van der Waals surface area contributed by atoms with Gasteiger partial charge in [0.2, 0.25) is 0 Å². The van der Waals surface area contributed by atoms with E-state index in [1.54, 1.807) is 12.1 Å². The fraction of sp³-hybridized carbons (Fsp3) is 0.462. The van der Waals surface area contributed by atoms with Crippen molar-refractivity contribution in [2.75, 3.05) is 34.2 Å². The topological polar surface area (TPSA) is 43.8 Å². The first kappa shape index (κ1) is 14.6. The highest BCUT2D eigenvalue weighted by atomic mass is 19.1. The molecule has 1 N–H and O–H groups in total. The second-order valence-corrected chi connectivity index (χ2v) is 4.62. The molecule has 0 aromatic heterocycles. The van der Waals surface area contributed by atoms with E-state index in [4.69, 9.17) is 5.11 Å². The molecular weight excluding hydrogens is 235 g/mol. The summed E-state index contributed by atoms with van der Waals surface area (Å²) >= 11 is 0. The van der Waals surface area contributed by atoms with Crippen molar-refractivity contribution in [2.45, 2.75) is 6.54 Å². The minimum atomic E-state index is -1.23. The molecule has 0 unspecified atom stereocenters. The summed E-state index contributed by atoms with van der Waals surface area (Å²) in [6.45, 7) is 2.07. The van der Waals surface area contributed by atoms with Crippen molar-refractivity contribution in [3.05, 3.63) is 35.1 Å². The van der Waals surface area contributed by atoms with Gasteiger partial charge in [-0.2, -0.15) is 0 Å². The standard InChI is InChI=1S/C13H19FN2O2/c1-15(2)7-8-16(3)9-10-5-4-6-11(12(10)14)13(17)18/h4-6H,7-9H2,1-3H3,(H,17,18). The van der Waals surface area contributed by atoms with Crippen LogP contribution in [0.1, 0.15) is 15.9 Å². The highest BCUT2D eigenvalue weighted by molar-refractivity contribution is 5.88. The number of carbonyl (C=O) groups is 1. The van der Waals surface area contributed by atoms with E-state index in [9.17, 15) is 9.18 Å². The van der Waals surface area contributed by atoms with Crippen LogP contribution in [0.4, 0.5) is 4.39 Å². The molecule has 5 heteroatoms. The molecule has 0 atom stereocenters. The van der Waals surface area contributed by atoms with Crippen LogP contribution in [0.25, 0.3) is 0 Å². The van der Waals surface area contributed by atoms with Gasteiger partial charge in [-0.25, -0.2) is 9.18 Å². The molecule has 0 amide bonds. The van der Waals surface area contributed by atoms with E-state index >= 15 is 0 Å². The summed E-state index contributed by atoms with van der Waals surface area (Å²) in [4.78, 5) is 14.8. The van der Waals surface area contributed by atoms with Crippen LogP contribution in [0.5, 0.6) is 0 Å². The number of aromatic carboxylic acids is 1. The van der Waals surface area contributed by atoms with E-state index in [0.29, 0.717) is 12.1 Å². The number of carboxylic acid groups (broad SMARTS) is 1. The van der Waals surface area contributed by atoms with E-state index in [1.807, 2.05) is 30.9 Å². The third-order valence-electron chi connectivity index (χ3n) is 2.68. The molecule has 1 aromatic carbocycles. The Balaban J connectivity index is 2.73. The first-order chi connectivity index (χ1) is 8.41. The monoisotopic (exact) mass is 254 g/mol. The number of hydrogen-bond donors (Lipinski definition) is 1. The molecule has 0 bridgehead atoms. The van der Waals surface area contributed by atoms with Crippen LogP contribution in [-0.4, -0.2) is 55.1 Å². The minimum Gasteiger partial charge on any atom is -0.478 e. The Labute approximate surface area is 107 Å². The average molecular weight is 254 g/mol. The molecule has 0 spiro atoms. The molecule has 0 fully saturated rings. The lowest BCUT2D eigenvalue weighted by Gasteiger charge is -2.19. The number of hydrogen-bond acceptors (Lipinski definition) is 3. The predicted octanol–water partition coefficient (Wildman–Crippen LogP) is 1.52. The van der Waals surface area contributed by atoms with Gasteiger partial charge in [0.05, 0.1) is 5.56 Å². The van der Waals surface area contributed by atoms with E-state index < -0.39 is 11.8 Å². The van der Waals surface area contributed by atoms with Gasteiger partial charge in [0.25, 0.3) is 0 Å². The third-order valence-corrected chi connectivity index (χ3v) is 2.68. The maximum atomic E-state index is 13.9. The highest BCUT2D eigenvalue weighted by Crippen LogP contribution is 2.14. The first-order valence-corrected chi connectivity index (χ1v) is 5.75. The number of benzene rings is 1. The predicted molar refractivity (Wildman–Crippen MR) is 68.2 cm³/mol. The summed E-state index contributed by atoms with van der Waals surface area (Å²) in [5, 5.41) is 8.84. The average Bonchev–Trinajstić information content (AvgIpc) is 2.29. The van der Waals surface area contributed by atoms with Gasteiger partial charge in [0.15, 0.2) is 0 Å². The number of rotatable bonds is 6. The fourth-order valence-electron chi connectivity index (χ4n) is 1.61. The Morgan fingerprint density at radius 2 is 1.94 bits per heavy atom. The van der Waals surface area contributed by atoms with Gasteiger partial charge >= 0.3 is 5.97 Å². The van der Waals surface area contributed by atoms with Crippen molar-refractivity contribution in [2.24, 2.45) is 0 Å². The lowest BCUT2D eigenvalue weighted by Crippen LogP contribution is -2.28. The van der Waals surface area contributed by atoms with E-state index in [2.05, 4.69) is 0 Å². The molecule has 0 saturated carbocycles. The van der Waals surface area contributed by atoms with Crippen LogP contribution in [0.15, 0.2) is 18.2 Å². The second kappa shape index (κ2) is 6.47. The molecule has 0 aliphatic rings. The normalized spacial score (nSPS) is 11.2. The zero-order valence-electron chi connectivity index (χ0n) is 11.0. The van der Waals surface area contributed by atoms with Crippen molar-refractivity contribution in [3.8, 4) is 0 Å². The van der Waals surface area contributed by atoms with Gasteiger partial charge in [-0.15, -0.1) is 0 Å². The molecule has 0 heterocycles. The molecule has 0 radical (unpaired) electrons. The molecule has 0 saturated heterocycles. The van der Waals surface area contributed by atoms with Crippen LogP contribution in [0.3, 0.4) is 0 Å². The van der Waals surface area contributed by atoms with Crippen LogP contribution in [-0.2, 0) is 6.54 Å². The van der Waals surface area contributed by atoms with Gasteiger partial charge in [-0.3, -0.25) is 0 Å². The van der Waals surface area contributed by atoms with Crippen LogP contribution in [0.2, 0.25) is 0 Å². The molecule has 1 rings (SSSR count). The lowest BCUT2D eigenvalue weighted by molar-refractivity contribution is 0.0691. The lowest BCUT2D eigenvalue weighted by atomic mass is 10.1.